The van der Waals surface area contributed by atoms with E-state index in [9.17, 15) is 15.3 Å². The largest absolute Gasteiger partial charge is 0.618 e. The second-order valence-electron chi connectivity index (χ2n) is 1.91. The molecule has 0 saturated heterocycles. The lowest BCUT2D eigenvalue weighted by Gasteiger charge is -1.98. The average Bonchev–Trinajstić information content (AvgIpc) is 1.96. The second kappa shape index (κ2) is 3.24. The molecule has 0 atom stereocenters. The molecule has 0 aliphatic rings. The quantitative estimate of drug-likeness (QED) is 0.251. The molecule has 0 aliphatic heterocycles. The van der Waals surface area contributed by atoms with Gasteiger partial charge in [0, 0.05) is 0 Å². The van der Waals surface area contributed by atoms with Crippen LogP contribution in [0, 0.1) is 15.3 Å². The van der Waals surface area contributed by atoms with Crippen LogP contribution in [0.25, 0.3) is 0 Å². The van der Waals surface area contributed by atoms with Crippen molar-refractivity contribution in [2.24, 2.45) is 0 Å². The minimum absolute atomic E-state index is 0.104. The molecule has 0 spiro atoms. The summed E-state index contributed by atoms with van der Waals surface area (Å²) in [6, 6.07) is 0.985. The predicted molar refractivity (Wildman–Crippen MR) is 44.8 cm³/mol. The number of rotatable bonds is 1. The predicted octanol–water partition coefficient (Wildman–Crippen LogP) is 1.64. The van der Waals surface area contributed by atoms with Gasteiger partial charge in [0.15, 0.2) is 4.47 Å². The average molecular weight is 253 g/mol. The molecule has 0 saturated carbocycles. The van der Waals surface area contributed by atoms with E-state index in [1.165, 1.54) is 0 Å². The summed E-state index contributed by atoms with van der Waals surface area (Å²) in [4.78, 5) is 9.66. The molecule has 0 amide bonds. The summed E-state index contributed by atoms with van der Waals surface area (Å²) in [5.41, 5.74) is -0.230. The Morgan fingerprint density at radius 2 is 2.25 bits per heavy atom. The Hall–Kier alpha value is -0.880. The smallest absolute Gasteiger partial charge is 0.297 e. The minimum Gasteiger partial charge on any atom is -0.618 e. The van der Waals surface area contributed by atoms with Crippen molar-refractivity contribution in [1.29, 1.82) is 0 Å². The van der Waals surface area contributed by atoms with Gasteiger partial charge in [0.1, 0.15) is 6.07 Å². The van der Waals surface area contributed by atoms with Gasteiger partial charge in [-0.05, 0) is 27.5 Å². The van der Waals surface area contributed by atoms with E-state index >= 15 is 0 Å². The van der Waals surface area contributed by atoms with Crippen molar-refractivity contribution >= 4 is 33.2 Å². The maximum absolute atomic E-state index is 10.7. The van der Waals surface area contributed by atoms with Crippen LogP contribution in [-0.4, -0.2) is 4.92 Å². The monoisotopic (exact) mass is 252 g/mol. The highest BCUT2D eigenvalue weighted by molar-refractivity contribution is 9.10. The van der Waals surface area contributed by atoms with Crippen LogP contribution in [0.1, 0.15) is 0 Å². The Morgan fingerprint density at radius 3 is 2.75 bits per heavy atom. The molecule has 12 heavy (non-hydrogen) atoms. The zero-order valence-corrected chi connectivity index (χ0v) is 7.87. The van der Waals surface area contributed by atoms with Crippen molar-refractivity contribution in [1.82, 2.24) is 0 Å². The van der Waals surface area contributed by atoms with Crippen molar-refractivity contribution in [3.05, 3.63) is 37.2 Å². The molecule has 64 valence electrons. The fourth-order valence-electron chi connectivity index (χ4n) is 0.616. The zero-order valence-electron chi connectivity index (χ0n) is 5.53. The summed E-state index contributed by atoms with van der Waals surface area (Å²) in [6.07, 6.45) is 0.987. The van der Waals surface area contributed by atoms with Gasteiger partial charge in [-0.3, -0.25) is 10.1 Å². The number of halogens is 2. The van der Waals surface area contributed by atoms with Crippen LogP contribution in [0.4, 0.5) is 5.69 Å². The molecule has 0 aliphatic carbocycles. The van der Waals surface area contributed by atoms with Crippen molar-refractivity contribution < 1.29 is 9.65 Å². The number of pyridine rings is 1. The molecule has 0 unspecified atom stereocenters. The SMILES string of the molecule is O=[N+]([O-])c1cc(Cl)[n+]([O-])cc1Br. The van der Waals surface area contributed by atoms with Gasteiger partial charge < -0.3 is 5.21 Å². The number of nitrogens with zero attached hydrogens (tertiary/aromatic N) is 2. The molecule has 5 nitrogen and oxygen atoms in total. The van der Waals surface area contributed by atoms with E-state index in [0.29, 0.717) is 4.73 Å². The van der Waals surface area contributed by atoms with E-state index in [1.807, 2.05) is 0 Å². The van der Waals surface area contributed by atoms with Gasteiger partial charge in [-0.25, -0.2) is 0 Å². The third-order valence-corrected chi connectivity index (χ3v) is 2.03. The number of aromatic nitrogens is 1. The first-order chi connectivity index (χ1) is 5.52. The van der Waals surface area contributed by atoms with Crippen LogP contribution >= 0.6 is 27.5 Å². The molecule has 0 N–H and O–H groups in total. The first-order valence-electron chi connectivity index (χ1n) is 2.75. The van der Waals surface area contributed by atoms with Gasteiger partial charge in [0.2, 0.25) is 6.20 Å². The van der Waals surface area contributed by atoms with E-state index in [4.69, 9.17) is 11.6 Å². The summed E-state index contributed by atoms with van der Waals surface area (Å²) in [5, 5.41) is 20.8. The van der Waals surface area contributed by atoms with Gasteiger partial charge in [-0.2, -0.15) is 4.73 Å². The lowest BCUT2D eigenvalue weighted by Crippen LogP contribution is -2.26. The Labute approximate surface area is 80.4 Å². The van der Waals surface area contributed by atoms with Crippen molar-refractivity contribution in [2.75, 3.05) is 0 Å². The number of nitro groups is 1. The lowest BCUT2D eigenvalue weighted by atomic mass is 10.4. The summed E-state index contributed by atoms with van der Waals surface area (Å²) in [7, 11) is 0. The van der Waals surface area contributed by atoms with Crippen molar-refractivity contribution in [3.8, 4) is 0 Å². The van der Waals surface area contributed by atoms with Crippen molar-refractivity contribution in [3.63, 3.8) is 0 Å². The van der Waals surface area contributed by atoms with Crippen LogP contribution in [0.3, 0.4) is 0 Å². The molecule has 7 heteroatoms. The highest BCUT2D eigenvalue weighted by atomic mass is 79.9. The Balaban J connectivity index is 3.33. The minimum atomic E-state index is -0.629. The van der Waals surface area contributed by atoms with Gasteiger partial charge in [-0.1, -0.05) is 0 Å². The molecule has 0 radical (unpaired) electrons. The maximum atomic E-state index is 10.7. The van der Waals surface area contributed by atoms with Crippen LogP contribution in [-0.2, 0) is 0 Å². The molecule has 0 fully saturated rings. The maximum Gasteiger partial charge on any atom is 0.297 e. The van der Waals surface area contributed by atoms with Gasteiger partial charge in [0.25, 0.3) is 10.8 Å². The van der Waals surface area contributed by atoms with Gasteiger partial charge >= 0.3 is 0 Å². The zero-order chi connectivity index (χ0) is 9.30. The summed E-state index contributed by atoms with van der Waals surface area (Å²) < 4.78 is 0.436. The van der Waals surface area contributed by atoms with Crippen LogP contribution in [0.15, 0.2) is 16.7 Å². The lowest BCUT2D eigenvalue weighted by molar-refractivity contribution is -0.604. The Morgan fingerprint density at radius 1 is 1.67 bits per heavy atom. The third kappa shape index (κ3) is 1.64. The summed E-state index contributed by atoms with van der Waals surface area (Å²) in [5.74, 6) is 0. The normalized spacial score (nSPS) is 9.83. The van der Waals surface area contributed by atoms with E-state index in [2.05, 4.69) is 15.9 Å². The van der Waals surface area contributed by atoms with E-state index in [1.54, 1.807) is 0 Å². The number of hydrogen-bond acceptors (Lipinski definition) is 3. The number of hydrogen-bond donors (Lipinski definition) is 0. The first kappa shape index (κ1) is 9.21. The fourth-order valence-corrected chi connectivity index (χ4v) is 1.21. The van der Waals surface area contributed by atoms with E-state index in [0.717, 1.165) is 12.3 Å². The molecule has 0 aromatic carbocycles. The van der Waals surface area contributed by atoms with E-state index < -0.39 is 4.92 Å². The molecule has 1 aromatic heterocycles. The second-order valence-corrected chi connectivity index (χ2v) is 3.15. The van der Waals surface area contributed by atoms with Crippen LogP contribution < -0.4 is 4.73 Å². The van der Waals surface area contributed by atoms with Crippen LogP contribution in [0.5, 0.6) is 0 Å². The molecule has 0 bridgehead atoms. The third-order valence-electron chi connectivity index (χ3n) is 1.14. The molecule has 1 aromatic rings. The standard InChI is InChI=1S/C5H2BrClN2O3/c6-3-2-8(10)5(7)1-4(3)9(11)12/h1-2H. The summed E-state index contributed by atoms with van der Waals surface area (Å²) >= 11 is 8.22. The van der Waals surface area contributed by atoms with Gasteiger partial charge in [0.05, 0.1) is 4.92 Å². The van der Waals surface area contributed by atoms with E-state index in [-0.39, 0.29) is 15.3 Å². The molecular formula is C5H2BrClN2O3. The van der Waals surface area contributed by atoms with Crippen LogP contribution in [0.2, 0.25) is 5.15 Å². The molecule has 1 heterocycles. The highest BCUT2D eigenvalue weighted by Crippen LogP contribution is 2.24. The topological polar surface area (TPSA) is 70.1 Å². The van der Waals surface area contributed by atoms with Crippen molar-refractivity contribution in [2.45, 2.75) is 0 Å². The Bertz CT molecular complexity index is 344. The fraction of sp³-hybridized carbons (Fsp3) is 0. The van der Waals surface area contributed by atoms with Gasteiger partial charge in [-0.15, -0.1) is 0 Å². The Kier molecular flexibility index (Phi) is 2.49. The first-order valence-corrected chi connectivity index (χ1v) is 3.92. The summed E-state index contributed by atoms with van der Waals surface area (Å²) in [6.45, 7) is 0. The molecular weight excluding hydrogens is 251 g/mol. The highest BCUT2D eigenvalue weighted by Gasteiger charge is 2.18. The molecule has 1 rings (SSSR count).